The van der Waals surface area contributed by atoms with Crippen molar-refractivity contribution in [2.24, 2.45) is 58.1 Å². The Morgan fingerprint density at radius 2 is 1.71 bits per heavy atom. The van der Waals surface area contributed by atoms with E-state index in [0.717, 1.165) is 54.0 Å². The minimum Gasteiger partial charge on any atom is -0.387 e. The number of nitrogens with one attached hydrogen (secondary N) is 1. The van der Waals surface area contributed by atoms with Gasteiger partial charge in [-0.05, 0) is 84.2 Å². The number of hydrogen-bond acceptors (Lipinski definition) is 2. The zero-order valence-corrected chi connectivity index (χ0v) is 19.1. The molecule has 9 atom stereocenters. The summed E-state index contributed by atoms with van der Waals surface area (Å²) in [5.74, 6) is 6.52. The molecule has 1 aromatic carbocycles. The van der Waals surface area contributed by atoms with Crippen LogP contribution in [0.1, 0.15) is 37.8 Å². The predicted octanol–water partition coefficient (Wildman–Crippen LogP) is 3.66. The lowest BCUT2D eigenvalue weighted by Gasteiger charge is -2.51. The second-order valence-corrected chi connectivity index (χ2v) is 9.81. The first-order chi connectivity index (χ1) is 13.1. The Morgan fingerprint density at radius 3 is 2.39 bits per heavy atom. The maximum Gasteiger partial charge on any atom is 0.193 e. The van der Waals surface area contributed by atoms with Crippen molar-refractivity contribution in [3.8, 4) is 0 Å². The molecule has 0 heterocycles. The lowest BCUT2D eigenvalue weighted by molar-refractivity contribution is -0.123. The van der Waals surface area contributed by atoms with Crippen LogP contribution in [-0.4, -0.2) is 23.2 Å². The van der Waals surface area contributed by atoms with E-state index in [2.05, 4.69) is 37.4 Å². The number of anilines is 1. The van der Waals surface area contributed by atoms with Crippen molar-refractivity contribution in [1.29, 1.82) is 0 Å². The molecule has 152 valence electrons. The normalized spacial score (nSPS) is 46.0. The van der Waals surface area contributed by atoms with Crippen molar-refractivity contribution in [3.63, 3.8) is 0 Å². The molecule has 0 saturated heterocycles. The molecule has 5 heteroatoms. The lowest BCUT2D eigenvalue weighted by atomic mass is 9.56. The summed E-state index contributed by atoms with van der Waals surface area (Å²) in [7, 11) is 0. The van der Waals surface area contributed by atoms with Crippen LogP contribution in [0.2, 0.25) is 0 Å². The number of hydrogen-bond donors (Lipinski definition) is 3. The average Bonchev–Trinajstić information content (AvgIpc) is 3.19. The third kappa shape index (κ3) is 2.13. The Hall–Kier alpha value is -0.820. The van der Waals surface area contributed by atoms with Crippen molar-refractivity contribution in [1.82, 2.24) is 0 Å². The van der Waals surface area contributed by atoms with Gasteiger partial charge in [-0.2, -0.15) is 0 Å². The van der Waals surface area contributed by atoms with Gasteiger partial charge in [0.05, 0.1) is 12.1 Å². The summed E-state index contributed by atoms with van der Waals surface area (Å²) in [6.07, 6.45) is 4.71. The zero-order valence-electron chi connectivity index (χ0n) is 16.8. The first kappa shape index (κ1) is 19.2. The number of aliphatic imine (C=N–C) groups is 1. The Kier molecular flexibility index (Phi) is 4.34. The van der Waals surface area contributed by atoms with E-state index < -0.39 is 5.60 Å². The van der Waals surface area contributed by atoms with E-state index in [1.807, 2.05) is 0 Å². The van der Waals surface area contributed by atoms with Crippen LogP contribution in [0.3, 0.4) is 0 Å². The number of halogens is 1. The lowest BCUT2D eigenvalue weighted by Crippen LogP contribution is -2.56. The average molecular weight is 493 g/mol. The molecule has 1 aromatic rings. The number of nitrogens with zero attached hydrogens (tertiary/aromatic N) is 1. The molecule has 4 N–H and O–H groups in total. The molecule has 0 radical (unpaired) electrons. The van der Waals surface area contributed by atoms with Gasteiger partial charge < -0.3 is 16.2 Å². The van der Waals surface area contributed by atoms with Crippen LogP contribution in [0.4, 0.5) is 5.69 Å². The summed E-state index contributed by atoms with van der Waals surface area (Å²) in [5.41, 5.74) is 9.36. The van der Waals surface area contributed by atoms with Crippen LogP contribution in [0.5, 0.6) is 0 Å². The quantitative estimate of drug-likeness (QED) is 0.333. The number of rotatable bonds is 5. The number of aliphatic hydroxyl groups is 1. The molecule has 28 heavy (non-hydrogen) atoms. The molecule has 2 bridgehead atoms. The Morgan fingerprint density at radius 1 is 1.07 bits per heavy atom. The van der Waals surface area contributed by atoms with Crippen molar-refractivity contribution < 1.29 is 5.11 Å². The monoisotopic (exact) mass is 493 g/mol. The first-order valence-corrected chi connectivity index (χ1v) is 11.0. The van der Waals surface area contributed by atoms with E-state index in [0.29, 0.717) is 24.3 Å². The molecule has 5 fully saturated rings. The summed E-state index contributed by atoms with van der Waals surface area (Å²) >= 11 is 0. The van der Waals surface area contributed by atoms with Crippen molar-refractivity contribution in [2.75, 3.05) is 11.9 Å². The molecule has 9 unspecified atom stereocenters. The number of para-hydroxylation sites is 1. The van der Waals surface area contributed by atoms with E-state index in [-0.39, 0.29) is 24.0 Å². The highest BCUT2D eigenvalue weighted by molar-refractivity contribution is 14.0. The third-order valence-electron chi connectivity index (χ3n) is 9.27. The highest BCUT2D eigenvalue weighted by Crippen LogP contribution is 2.85. The van der Waals surface area contributed by atoms with Gasteiger partial charge in [-0.1, -0.05) is 32.0 Å². The smallest absolute Gasteiger partial charge is 0.193 e. The minimum absolute atomic E-state index is 0. The third-order valence-corrected chi connectivity index (χ3v) is 9.27. The molecule has 0 spiro atoms. The Labute approximate surface area is 184 Å². The summed E-state index contributed by atoms with van der Waals surface area (Å²) in [5, 5.41) is 15.1. The number of fused-ring (bicyclic) bond motifs is 2. The molecule has 5 aliphatic rings. The summed E-state index contributed by atoms with van der Waals surface area (Å²) < 4.78 is 0. The summed E-state index contributed by atoms with van der Waals surface area (Å²) in [6, 6.07) is 6.42. The molecule has 0 aromatic heterocycles. The van der Waals surface area contributed by atoms with Crippen molar-refractivity contribution in [3.05, 3.63) is 29.3 Å². The second-order valence-electron chi connectivity index (χ2n) is 9.81. The van der Waals surface area contributed by atoms with Gasteiger partial charge in [-0.15, -0.1) is 24.0 Å². The van der Waals surface area contributed by atoms with Crippen LogP contribution >= 0.6 is 24.0 Å². The summed E-state index contributed by atoms with van der Waals surface area (Å²) in [6.45, 7) is 4.82. The fourth-order valence-corrected chi connectivity index (χ4v) is 8.72. The molecule has 5 saturated carbocycles. The van der Waals surface area contributed by atoms with E-state index in [9.17, 15) is 5.11 Å². The van der Waals surface area contributed by atoms with Gasteiger partial charge in [0.1, 0.15) is 0 Å². The van der Waals surface area contributed by atoms with Gasteiger partial charge in [-0.25, -0.2) is 0 Å². The van der Waals surface area contributed by atoms with Gasteiger partial charge in [0, 0.05) is 5.69 Å². The van der Waals surface area contributed by atoms with Crippen LogP contribution in [0, 0.1) is 47.3 Å². The maximum atomic E-state index is 11.7. The number of benzene rings is 1. The fraction of sp³-hybridized carbons (Fsp3) is 0.696. The Bertz CT molecular complexity index is 813. The molecular formula is C23H32IN3O. The van der Waals surface area contributed by atoms with Crippen molar-refractivity contribution >= 4 is 35.6 Å². The van der Waals surface area contributed by atoms with E-state index in [4.69, 9.17) is 10.7 Å². The zero-order chi connectivity index (χ0) is 18.5. The van der Waals surface area contributed by atoms with E-state index >= 15 is 0 Å². The Balaban J connectivity index is 0.00000171. The maximum absolute atomic E-state index is 11.7. The number of nitrogens with two attached hydrogens (primary N) is 1. The topological polar surface area (TPSA) is 70.6 Å². The molecule has 0 aliphatic heterocycles. The predicted molar refractivity (Wildman–Crippen MR) is 123 cm³/mol. The highest BCUT2D eigenvalue weighted by atomic mass is 127. The van der Waals surface area contributed by atoms with Crippen LogP contribution < -0.4 is 11.1 Å². The van der Waals surface area contributed by atoms with Gasteiger partial charge in [0.25, 0.3) is 0 Å². The van der Waals surface area contributed by atoms with Crippen LogP contribution in [0.15, 0.2) is 23.2 Å². The fourth-order valence-electron chi connectivity index (χ4n) is 8.72. The van der Waals surface area contributed by atoms with Gasteiger partial charge in [0.2, 0.25) is 0 Å². The van der Waals surface area contributed by atoms with Crippen molar-refractivity contribution in [2.45, 2.75) is 45.1 Å². The molecule has 4 nitrogen and oxygen atoms in total. The first-order valence-electron chi connectivity index (χ1n) is 11.0. The van der Waals surface area contributed by atoms with Gasteiger partial charge in [0.15, 0.2) is 5.96 Å². The molecule has 6 rings (SSSR count). The second kappa shape index (κ2) is 6.34. The van der Waals surface area contributed by atoms with E-state index in [1.165, 1.54) is 24.0 Å². The van der Waals surface area contributed by atoms with Crippen LogP contribution in [0.25, 0.3) is 0 Å². The molecular weight excluding hydrogens is 461 g/mol. The van der Waals surface area contributed by atoms with Gasteiger partial charge in [-0.3, -0.25) is 4.99 Å². The van der Waals surface area contributed by atoms with E-state index in [1.54, 1.807) is 0 Å². The SMILES string of the molecule is CCc1cccc(CC)c1NC(N)=NCC1(O)C2C3CC4C5C3CC2C5C41.I. The standard InChI is InChI=1S/C23H31N3O.HI/c1-3-11-6-5-7-12(4-2)21(11)26-22(24)25-10-23(27)19-14-9-15-17-13(14)8-16(19)18(17)20(15)23;/h5-7,13-20,27H,3-4,8-10H2,1-2H3,(H3,24,25,26);1H. The molecule has 0 amide bonds. The van der Waals surface area contributed by atoms with Crippen LogP contribution in [-0.2, 0) is 12.8 Å². The number of aryl methyl sites for hydroxylation is 2. The highest BCUT2D eigenvalue weighted by Gasteiger charge is 2.84. The largest absolute Gasteiger partial charge is 0.387 e. The summed E-state index contributed by atoms with van der Waals surface area (Å²) in [4.78, 5) is 4.70. The van der Waals surface area contributed by atoms with Gasteiger partial charge >= 0.3 is 0 Å². The number of guanidine groups is 1. The minimum atomic E-state index is -0.588. The molecule has 5 aliphatic carbocycles.